The molecule has 2 aliphatic heterocycles. The minimum atomic E-state index is -0.567. The van der Waals surface area contributed by atoms with Crippen LogP contribution in [0.2, 0.25) is 0 Å². The molecule has 3 amide bonds. The Hall–Kier alpha value is -2.08. The topological polar surface area (TPSA) is 70.7 Å². The molecule has 2 heterocycles. The van der Waals surface area contributed by atoms with E-state index in [0.717, 1.165) is 5.56 Å². The highest BCUT2D eigenvalue weighted by Crippen LogP contribution is 2.27. The van der Waals surface area contributed by atoms with E-state index in [4.69, 9.17) is 4.74 Å². The van der Waals surface area contributed by atoms with Crippen LogP contribution in [0.1, 0.15) is 57.7 Å². The van der Waals surface area contributed by atoms with Gasteiger partial charge in [-0.2, -0.15) is 0 Å². The van der Waals surface area contributed by atoms with Crippen LogP contribution >= 0.6 is 0 Å². The van der Waals surface area contributed by atoms with E-state index in [1.54, 1.807) is 4.90 Å². The maximum Gasteiger partial charge on any atom is 0.317 e. The van der Waals surface area contributed by atoms with Gasteiger partial charge in [0.15, 0.2) is 0 Å². The SMILES string of the molecule is CC(NC(=O)N1CCC2(CC1)NC(=O)CO2)c1ccc(C(C)(C)C)cc1. The molecular weight excluding hydrogens is 330 g/mol. The fraction of sp³-hybridized carbons (Fsp3) is 0.600. The number of urea groups is 1. The van der Waals surface area contributed by atoms with Crippen molar-refractivity contribution in [2.24, 2.45) is 0 Å². The van der Waals surface area contributed by atoms with Crippen molar-refractivity contribution in [3.05, 3.63) is 35.4 Å². The highest BCUT2D eigenvalue weighted by molar-refractivity contribution is 5.80. The molecule has 0 aliphatic carbocycles. The molecule has 1 aromatic rings. The van der Waals surface area contributed by atoms with Crippen molar-refractivity contribution in [3.8, 4) is 0 Å². The number of nitrogens with zero attached hydrogens (tertiary/aromatic N) is 1. The molecule has 142 valence electrons. The molecule has 2 N–H and O–H groups in total. The summed E-state index contributed by atoms with van der Waals surface area (Å²) >= 11 is 0. The first-order valence-electron chi connectivity index (χ1n) is 9.29. The van der Waals surface area contributed by atoms with Crippen LogP contribution in [0.3, 0.4) is 0 Å². The molecule has 26 heavy (non-hydrogen) atoms. The summed E-state index contributed by atoms with van der Waals surface area (Å²) in [5.41, 5.74) is 1.92. The van der Waals surface area contributed by atoms with Gasteiger partial charge in [-0.05, 0) is 23.5 Å². The van der Waals surface area contributed by atoms with E-state index >= 15 is 0 Å². The zero-order chi connectivity index (χ0) is 18.9. The normalized spacial score (nSPS) is 20.8. The molecule has 0 bridgehead atoms. The van der Waals surface area contributed by atoms with Gasteiger partial charge in [-0.3, -0.25) is 4.79 Å². The van der Waals surface area contributed by atoms with Crippen molar-refractivity contribution in [3.63, 3.8) is 0 Å². The number of piperidine rings is 1. The summed E-state index contributed by atoms with van der Waals surface area (Å²) in [4.78, 5) is 25.7. The zero-order valence-corrected chi connectivity index (χ0v) is 16.1. The van der Waals surface area contributed by atoms with E-state index in [9.17, 15) is 9.59 Å². The Morgan fingerprint density at radius 2 is 1.85 bits per heavy atom. The molecule has 0 aromatic heterocycles. The van der Waals surface area contributed by atoms with Gasteiger partial charge in [0.05, 0.1) is 6.04 Å². The number of ether oxygens (including phenoxy) is 1. The van der Waals surface area contributed by atoms with Gasteiger partial charge in [-0.15, -0.1) is 0 Å². The molecule has 1 spiro atoms. The highest BCUT2D eigenvalue weighted by Gasteiger charge is 2.42. The first-order valence-corrected chi connectivity index (χ1v) is 9.29. The molecule has 2 fully saturated rings. The molecule has 1 unspecified atom stereocenters. The second-order valence-electron chi connectivity index (χ2n) is 8.36. The first kappa shape index (κ1) is 18.7. The van der Waals surface area contributed by atoms with Crippen LogP contribution in [0.4, 0.5) is 4.79 Å². The highest BCUT2D eigenvalue weighted by atomic mass is 16.5. The number of benzene rings is 1. The van der Waals surface area contributed by atoms with E-state index in [1.807, 2.05) is 6.92 Å². The molecule has 3 rings (SSSR count). The van der Waals surface area contributed by atoms with E-state index in [1.165, 1.54) is 5.56 Å². The van der Waals surface area contributed by atoms with E-state index in [2.05, 4.69) is 55.7 Å². The predicted octanol–water partition coefficient (Wildman–Crippen LogP) is 2.69. The molecule has 1 atom stereocenters. The van der Waals surface area contributed by atoms with Crippen molar-refractivity contribution >= 4 is 11.9 Å². The van der Waals surface area contributed by atoms with Crippen molar-refractivity contribution in [1.29, 1.82) is 0 Å². The number of carbonyl (C=O) groups excluding carboxylic acids is 2. The average Bonchev–Trinajstić information content (AvgIpc) is 2.95. The Labute approximate surface area is 155 Å². The minimum Gasteiger partial charge on any atom is -0.346 e. The number of hydrogen-bond acceptors (Lipinski definition) is 3. The average molecular weight is 359 g/mol. The maximum atomic E-state index is 12.6. The summed E-state index contributed by atoms with van der Waals surface area (Å²) in [6, 6.07) is 8.29. The van der Waals surface area contributed by atoms with Crippen LogP contribution < -0.4 is 10.6 Å². The van der Waals surface area contributed by atoms with Crippen molar-refractivity contribution in [1.82, 2.24) is 15.5 Å². The van der Waals surface area contributed by atoms with Gasteiger partial charge in [-0.25, -0.2) is 4.79 Å². The van der Waals surface area contributed by atoms with Gasteiger partial charge < -0.3 is 20.3 Å². The lowest BCUT2D eigenvalue weighted by Gasteiger charge is -2.38. The lowest BCUT2D eigenvalue weighted by Crippen LogP contribution is -2.54. The van der Waals surface area contributed by atoms with Gasteiger partial charge >= 0.3 is 6.03 Å². The van der Waals surface area contributed by atoms with Gasteiger partial charge in [0.25, 0.3) is 0 Å². The summed E-state index contributed by atoms with van der Waals surface area (Å²) in [6.45, 7) is 9.82. The quantitative estimate of drug-likeness (QED) is 0.853. The molecule has 2 saturated heterocycles. The van der Waals surface area contributed by atoms with Crippen LogP contribution in [0.5, 0.6) is 0 Å². The van der Waals surface area contributed by atoms with Crippen LogP contribution in [-0.2, 0) is 14.9 Å². The van der Waals surface area contributed by atoms with Crippen molar-refractivity contribution in [2.45, 2.75) is 57.7 Å². The minimum absolute atomic E-state index is 0.0603. The van der Waals surface area contributed by atoms with Gasteiger partial charge in [-0.1, -0.05) is 45.0 Å². The second-order valence-corrected chi connectivity index (χ2v) is 8.36. The number of hydrogen-bond donors (Lipinski definition) is 2. The Morgan fingerprint density at radius 3 is 2.35 bits per heavy atom. The fourth-order valence-electron chi connectivity index (χ4n) is 3.50. The molecule has 2 aliphatic rings. The summed E-state index contributed by atoms with van der Waals surface area (Å²) in [5.74, 6) is -0.0739. The fourth-order valence-corrected chi connectivity index (χ4v) is 3.50. The second kappa shape index (κ2) is 6.91. The van der Waals surface area contributed by atoms with E-state index in [0.29, 0.717) is 25.9 Å². The van der Waals surface area contributed by atoms with Gasteiger partial charge in [0, 0.05) is 25.9 Å². The number of nitrogens with one attached hydrogen (secondary N) is 2. The predicted molar refractivity (Wildman–Crippen MR) is 99.7 cm³/mol. The molecule has 0 saturated carbocycles. The molecular formula is C20H29N3O3. The Morgan fingerprint density at radius 1 is 1.23 bits per heavy atom. The van der Waals surface area contributed by atoms with Crippen LogP contribution in [0, 0.1) is 0 Å². The lowest BCUT2D eigenvalue weighted by atomic mass is 9.86. The monoisotopic (exact) mass is 359 g/mol. The third kappa shape index (κ3) is 4.01. The largest absolute Gasteiger partial charge is 0.346 e. The number of amides is 3. The molecule has 1 aromatic carbocycles. The maximum absolute atomic E-state index is 12.6. The standard InChI is InChI=1S/C20H29N3O3/c1-14(15-5-7-16(8-6-15)19(2,3)4)21-18(25)23-11-9-20(10-12-23)22-17(24)13-26-20/h5-8,14H,9-13H2,1-4H3,(H,21,25)(H,22,24). The Balaban J connectivity index is 1.54. The Kier molecular flexibility index (Phi) is 4.97. The summed E-state index contributed by atoms with van der Waals surface area (Å²) in [6.07, 6.45) is 1.25. The molecule has 6 nitrogen and oxygen atoms in total. The van der Waals surface area contributed by atoms with Crippen LogP contribution in [0.25, 0.3) is 0 Å². The molecule has 0 radical (unpaired) electrons. The van der Waals surface area contributed by atoms with Crippen LogP contribution in [0.15, 0.2) is 24.3 Å². The summed E-state index contributed by atoms with van der Waals surface area (Å²) < 4.78 is 5.59. The van der Waals surface area contributed by atoms with Crippen LogP contribution in [-0.4, -0.2) is 42.3 Å². The van der Waals surface area contributed by atoms with Gasteiger partial charge in [0.1, 0.15) is 12.3 Å². The van der Waals surface area contributed by atoms with E-state index in [-0.39, 0.29) is 30.0 Å². The third-order valence-corrected chi connectivity index (χ3v) is 5.32. The summed E-state index contributed by atoms with van der Waals surface area (Å²) in [5, 5.41) is 5.96. The first-order chi connectivity index (χ1) is 12.2. The molecule has 6 heteroatoms. The Bertz CT molecular complexity index is 671. The van der Waals surface area contributed by atoms with Crippen molar-refractivity contribution in [2.75, 3.05) is 19.7 Å². The number of carbonyl (C=O) groups is 2. The van der Waals surface area contributed by atoms with Crippen molar-refractivity contribution < 1.29 is 14.3 Å². The summed E-state index contributed by atoms with van der Waals surface area (Å²) in [7, 11) is 0. The van der Waals surface area contributed by atoms with Gasteiger partial charge in [0.2, 0.25) is 5.91 Å². The number of rotatable bonds is 2. The van der Waals surface area contributed by atoms with E-state index < -0.39 is 5.72 Å². The smallest absolute Gasteiger partial charge is 0.317 e. The zero-order valence-electron chi connectivity index (χ0n) is 16.1. The third-order valence-electron chi connectivity index (χ3n) is 5.32. The lowest BCUT2D eigenvalue weighted by molar-refractivity contribution is -0.119. The number of likely N-dealkylation sites (tertiary alicyclic amines) is 1.